The Labute approximate surface area is 131 Å². The number of aryl methyl sites for hydroxylation is 1. The molecule has 0 saturated carbocycles. The Morgan fingerprint density at radius 1 is 1.19 bits per heavy atom. The van der Waals surface area contributed by atoms with Gasteiger partial charge in [-0.25, -0.2) is 9.97 Å². The van der Waals surface area contributed by atoms with Gasteiger partial charge in [0.1, 0.15) is 17.2 Å². The van der Waals surface area contributed by atoms with Gasteiger partial charge in [-0.3, -0.25) is 0 Å². The van der Waals surface area contributed by atoms with E-state index in [4.69, 9.17) is 0 Å². The predicted octanol–water partition coefficient (Wildman–Crippen LogP) is 4.46. The van der Waals surface area contributed by atoms with Crippen LogP contribution in [0.3, 0.4) is 0 Å². The minimum atomic E-state index is 0.943. The molecule has 112 valence electrons. The Bertz CT molecular complexity index is 584. The van der Waals surface area contributed by atoms with Crippen LogP contribution >= 0.6 is 11.8 Å². The summed E-state index contributed by atoms with van der Waals surface area (Å²) in [4.78, 5) is 8.85. The van der Waals surface area contributed by atoms with Crippen molar-refractivity contribution >= 4 is 17.6 Å². The molecule has 2 rings (SSSR count). The third-order valence-electron chi connectivity index (χ3n) is 3.26. The zero-order valence-electron chi connectivity index (χ0n) is 13.0. The fourth-order valence-corrected chi connectivity index (χ4v) is 3.21. The van der Waals surface area contributed by atoms with Gasteiger partial charge in [-0.2, -0.15) is 0 Å². The summed E-state index contributed by atoms with van der Waals surface area (Å²) in [5, 5.41) is 4.49. The molecule has 0 bridgehead atoms. The number of nitrogens with one attached hydrogen (secondary N) is 1. The van der Waals surface area contributed by atoms with Crippen molar-refractivity contribution in [3.05, 3.63) is 47.3 Å². The summed E-state index contributed by atoms with van der Waals surface area (Å²) in [6, 6.07) is 8.64. The zero-order valence-corrected chi connectivity index (χ0v) is 13.8. The third kappa shape index (κ3) is 4.46. The molecule has 21 heavy (non-hydrogen) atoms. The fraction of sp³-hybridized carbons (Fsp3) is 0.412. The first kappa shape index (κ1) is 15.8. The largest absolute Gasteiger partial charge is 0.370 e. The molecule has 3 nitrogen and oxygen atoms in total. The minimum absolute atomic E-state index is 0.943. The fourth-order valence-electron chi connectivity index (χ4n) is 2.19. The topological polar surface area (TPSA) is 37.8 Å². The number of rotatable bonds is 7. The van der Waals surface area contributed by atoms with E-state index in [0.29, 0.717) is 0 Å². The van der Waals surface area contributed by atoms with Crippen molar-refractivity contribution in [2.24, 2.45) is 0 Å². The third-order valence-corrected chi connectivity index (χ3v) is 4.36. The van der Waals surface area contributed by atoms with Crippen LogP contribution in [0.2, 0.25) is 0 Å². The summed E-state index contributed by atoms with van der Waals surface area (Å²) in [6.45, 7) is 7.40. The molecule has 0 aliphatic rings. The van der Waals surface area contributed by atoms with Crippen molar-refractivity contribution in [3.63, 3.8) is 0 Å². The van der Waals surface area contributed by atoms with Crippen LogP contribution in [0.4, 0.5) is 5.82 Å². The molecule has 4 heteroatoms. The molecule has 1 N–H and O–H groups in total. The maximum Gasteiger partial charge on any atom is 0.133 e. The lowest BCUT2D eigenvalue weighted by Gasteiger charge is -2.12. The second-order valence-corrected chi connectivity index (χ2v) is 6.03. The van der Waals surface area contributed by atoms with Crippen LogP contribution in [0.1, 0.15) is 37.0 Å². The zero-order chi connectivity index (χ0) is 15.1. The molecule has 0 fully saturated rings. The van der Waals surface area contributed by atoms with Crippen molar-refractivity contribution in [2.45, 2.75) is 44.4 Å². The van der Waals surface area contributed by atoms with Gasteiger partial charge in [0.05, 0.1) is 0 Å². The van der Waals surface area contributed by atoms with E-state index < -0.39 is 0 Å². The number of benzene rings is 1. The Hall–Kier alpha value is -1.55. The summed E-state index contributed by atoms with van der Waals surface area (Å²) >= 11 is 1.79. The highest BCUT2D eigenvalue weighted by atomic mass is 32.2. The number of aromatic nitrogens is 2. The molecular weight excluding hydrogens is 278 g/mol. The molecule has 0 spiro atoms. The first-order valence-electron chi connectivity index (χ1n) is 7.50. The van der Waals surface area contributed by atoms with Gasteiger partial charge in [0.25, 0.3) is 0 Å². The molecule has 1 heterocycles. The van der Waals surface area contributed by atoms with Gasteiger partial charge in [-0.1, -0.05) is 43.7 Å². The molecular formula is C17H23N3S. The minimum Gasteiger partial charge on any atom is -0.370 e. The van der Waals surface area contributed by atoms with Crippen molar-refractivity contribution in [1.82, 2.24) is 9.97 Å². The predicted molar refractivity (Wildman–Crippen MR) is 90.9 cm³/mol. The number of hydrogen-bond acceptors (Lipinski definition) is 4. The van der Waals surface area contributed by atoms with E-state index in [9.17, 15) is 0 Å². The molecule has 0 unspecified atom stereocenters. The Morgan fingerprint density at radius 3 is 2.76 bits per heavy atom. The smallest absolute Gasteiger partial charge is 0.133 e. The van der Waals surface area contributed by atoms with Gasteiger partial charge in [0.2, 0.25) is 0 Å². The van der Waals surface area contributed by atoms with Gasteiger partial charge < -0.3 is 5.32 Å². The van der Waals surface area contributed by atoms with E-state index in [-0.39, 0.29) is 0 Å². The number of anilines is 1. The van der Waals surface area contributed by atoms with E-state index in [1.165, 1.54) is 16.7 Å². The van der Waals surface area contributed by atoms with E-state index in [0.717, 1.165) is 36.0 Å². The lowest BCUT2D eigenvalue weighted by molar-refractivity contribution is 0.911. The second-order valence-electron chi connectivity index (χ2n) is 5.06. The molecule has 1 aromatic carbocycles. The van der Waals surface area contributed by atoms with Crippen LogP contribution in [0.15, 0.2) is 35.6 Å². The summed E-state index contributed by atoms with van der Waals surface area (Å²) < 4.78 is 0. The average Bonchev–Trinajstić information content (AvgIpc) is 2.50. The SMILES string of the molecule is CCCNc1ncnc(SCc2cccc(C)c2)c1CC. The summed E-state index contributed by atoms with van der Waals surface area (Å²) in [6.07, 6.45) is 3.71. The second kappa shape index (κ2) is 8.03. The van der Waals surface area contributed by atoms with E-state index in [1.54, 1.807) is 18.1 Å². The summed E-state index contributed by atoms with van der Waals surface area (Å²) in [5.74, 6) is 1.93. The molecule has 2 aromatic rings. The maximum absolute atomic E-state index is 4.47. The number of thioether (sulfide) groups is 1. The quantitative estimate of drug-likeness (QED) is 0.605. The van der Waals surface area contributed by atoms with Crippen LogP contribution in [-0.4, -0.2) is 16.5 Å². The highest BCUT2D eigenvalue weighted by Gasteiger charge is 2.10. The molecule has 0 amide bonds. The first-order chi connectivity index (χ1) is 10.2. The lowest BCUT2D eigenvalue weighted by Crippen LogP contribution is -2.07. The van der Waals surface area contributed by atoms with Crippen molar-refractivity contribution < 1.29 is 0 Å². The monoisotopic (exact) mass is 301 g/mol. The standard InChI is InChI=1S/C17H23N3S/c1-4-9-18-16-15(5-2)17(20-12-19-16)21-11-14-8-6-7-13(3)10-14/h6-8,10,12H,4-5,9,11H2,1-3H3,(H,18,19,20). The van der Waals surface area contributed by atoms with E-state index >= 15 is 0 Å². The van der Waals surface area contributed by atoms with Crippen LogP contribution in [-0.2, 0) is 12.2 Å². The number of hydrogen-bond donors (Lipinski definition) is 1. The van der Waals surface area contributed by atoms with Crippen LogP contribution in [0.5, 0.6) is 0 Å². The van der Waals surface area contributed by atoms with Crippen molar-refractivity contribution in [3.8, 4) is 0 Å². The van der Waals surface area contributed by atoms with Gasteiger partial charge in [-0.05, 0) is 25.3 Å². The highest BCUT2D eigenvalue weighted by Crippen LogP contribution is 2.28. The van der Waals surface area contributed by atoms with Gasteiger partial charge in [-0.15, -0.1) is 11.8 Å². The summed E-state index contributed by atoms with van der Waals surface area (Å²) in [5.41, 5.74) is 3.86. The van der Waals surface area contributed by atoms with Gasteiger partial charge in [0.15, 0.2) is 0 Å². The molecule has 0 saturated heterocycles. The van der Waals surface area contributed by atoms with Crippen LogP contribution in [0, 0.1) is 6.92 Å². The lowest BCUT2D eigenvalue weighted by atomic mass is 10.2. The molecule has 0 aliphatic heterocycles. The molecule has 0 atom stereocenters. The Kier molecular flexibility index (Phi) is 6.05. The average molecular weight is 301 g/mol. The van der Waals surface area contributed by atoms with E-state index in [1.807, 2.05) is 0 Å². The van der Waals surface area contributed by atoms with Crippen LogP contribution in [0.25, 0.3) is 0 Å². The summed E-state index contributed by atoms with van der Waals surface area (Å²) in [7, 11) is 0. The maximum atomic E-state index is 4.47. The highest BCUT2D eigenvalue weighted by molar-refractivity contribution is 7.98. The first-order valence-corrected chi connectivity index (χ1v) is 8.49. The van der Waals surface area contributed by atoms with Crippen molar-refractivity contribution in [1.29, 1.82) is 0 Å². The molecule has 1 aromatic heterocycles. The molecule has 0 radical (unpaired) electrons. The molecule has 0 aliphatic carbocycles. The van der Waals surface area contributed by atoms with Gasteiger partial charge >= 0.3 is 0 Å². The Morgan fingerprint density at radius 2 is 2.05 bits per heavy atom. The van der Waals surface area contributed by atoms with Gasteiger partial charge in [0, 0.05) is 17.9 Å². The van der Waals surface area contributed by atoms with Crippen LogP contribution < -0.4 is 5.32 Å². The van der Waals surface area contributed by atoms with E-state index in [2.05, 4.69) is 60.3 Å². The Balaban J connectivity index is 2.12. The normalized spacial score (nSPS) is 10.6. The number of nitrogens with zero attached hydrogens (tertiary/aromatic N) is 2. The van der Waals surface area contributed by atoms with Crippen molar-refractivity contribution in [2.75, 3.05) is 11.9 Å².